The average molecular weight is 473 g/mol. The van der Waals surface area contributed by atoms with Crippen molar-refractivity contribution in [1.29, 1.82) is 0 Å². The van der Waals surface area contributed by atoms with E-state index in [0.29, 0.717) is 24.2 Å². The van der Waals surface area contributed by atoms with Gasteiger partial charge in [0.15, 0.2) is 0 Å². The Bertz CT molecular complexity index is 1220. The van der Waals surface area contributed by atoms with Gasteiger partial charge < -0.3 is 25.3 Å². The number of amides is 2. The molecule has 1 aliphatic heterocycles. The zero-order chi connectivity index (χ0) is 24.8. The number of benzene rings is 2. The maximum absolute atomic E-state index is 12.8. The van der Waals surface area contributed by atoms with Crippen LogP contribution in [0.2, 0.25) is 0 Å². The Kier molecular flexibility index (Phi) is 7.67. The number of anilines is 1. The van der Waals surface area contributed by atoms with E-state index in [9.17, 15) is 9.59 Å². The number of hydrogen-bond acceptors (Lipinski definition) is 4. The lowest BCUT2D eigenvalue weighted by atomic mass is 9.94. The van der Waals surface area contributed by atoms with Gasteiger partial charge in [0, 0.05) is 42.0 Å². The van der Waals surface area contributed by atoms with Crippen molar-refractivity contribution in [3.8, 4) is 16.9 Å². The first-order valence-corrected chi connectivity index (χ1v) is 12.0. The molecule has 0 saturated heterocycles. The van der Waals surface area contributed by atoms with Crippen LogP contribution in [0, 0.1) is 0 Å². The van der Waals surface area contributed by atoms with Gasteiger partial charge in [0.2, 0.25) is 0 Å². The Morgan fingerprint density at radius 3 is 2.54 bits per heavy atom. The second-order valence-electron chi connectivity index (χ2n) is 8.41. The lowest BCUT2D eigenvalue weighted by Crippen LogP contribution is -2.34. The molecule has 0 aliphatic carbocycles. The highest BCUT2D eigenvalue weighted by Crippen LogP contribution is 2.40. The summed E-state index contributed by atoms with van der Waals surface area (Å²) >= 11 is 0. The molecule has 0 fully saturated rings. The SMILES string of the molecule is CCN(CC)CCNC(=O)c1ccc(CC=C2C(=O)Nc3cccc(-c4ccc(OC)cc4)c32)[nH]1. The molecule has 0 bridgehead atoms. The number of nitrogens with one attached hydrogen (secondary N) is 3. The minimum atomic E-state index is -0.123. The maximum atomic E-state index is 12.8. The minimum absolute atomic E-state index is 0.123. The number of ether oxygens (including phenoxy) is 1. The second-order valence-corrected chi connectivity index (χ2v) is 8.41. The van der Waals surface area contributed by atoms with Gasteiger partial charge in [-0.05, 0) is 54.5 Å². The molecule has 1 aliphatic rings. The molecule has 3 N–H and O–H groups in total. The fourth-order valence-electron chi connectivity index (χ4n) is 4.32. The largest absolute Gasteiger partial charge is 0.497 e. The minimum Gasteiger partial charge on any atom is -0.497 e. The number of allylic oxidation sites excluding steroid dienone is 1. The van der Waals surface area contributed by atoms with Crippen LogP contribution >= 0.6 is 0 Å². The van der Waals surface area contributed by atoms with E-state index >= 15 is 0 Å². The van der Waals surface area contributed by atoms with Crippen LogP contribution in [0.3, 0.4) is 0 Å². The molecule has 2 heterocycles. The van der Waals surface area contributed by atoms with Crippen LogP contribution in [-0.4, -0.2) is 55.0 Å². The Morgan fingerprint density at radius 2 is 1.83 bits per heavy atom. The van der Waals surface area contributed by atoms with E-state index in [1.807, 2.05) is 54.6 Å². The maximum Gasteiger partial charge on any atom is 0.267 e. The first-order valence-electron chi connectivity index (χ1n) is 12.0. The van der Waals surface area contributed by atoms with Crippen LogP contribution in [0.15, 0.2) is 60.7 Å². The number of hydrogen-bond donors (Lipinski definition) is 3. The van der Waals surface area contributed by atoms with Crippen LogP contribution in [0.5, 0.6) is 5.75 Å². The number of aromatic nitrogens is 1. The molecule has 7 nitrogen and oxygen atoms in total. The number of methoxy groups -OCH3 is 1. The predicted molar refractivity (Wildman–Crippen MR) is 140 cm³/mol. The summed E-state index contributed by atoms with van der Waals surface area (Å²) < 4.78 is 5.27. The van der Waals surface area contributed by atoms with Crippen LogP contribution in [0.25, 0.3) is 16.7 Å². The Balaban J connectivity index is 1.49. The highest BCUT2D eigenvalue weighted by molar-refractivity contribution is 6.33. The summed E-state index contributed by atoms with van der Waals surface area (Å²) in [6, 6.07) is 17.4. The molecule has 0 spiro atoms. The Labute approximate surface area is 206 Å². The Morgan fingerprint density at radius 1 is 1.06 bits per heavy atom. The number of rotatable bonds is 10. The third-order valence-electron chi connectivity index (χ3n) is 6.35. The van der Waals surface area contributed by atoms with E-state index in [0.717, 1.165) is 53.5 Å². The third kappa shape index (κ3) is 5.46. The van der Waals surface area contributed by atoms with E-state index in [2.05, 4.69) is 34.4 Å². The first-order chi connectivity index (χ1) is 17.0. The van der Waals surface area contributed by atoms with Gasteiger partial charge in [0.1, 0.15) is 11.4 Å². The van der Waals surface area contributed by atoms with E-state index in [-0.39, 0.29) is 11.8 Å². The summed E-state index contributed by atoms with van der Waals surface area (Å²) in [5.74, 6) is 0.537. The van der Waals surface area contributed by atoms with Crippen LogP contribution in [0.4, 0.5) is 5.69 Å². The van der Waals surface area contributed by atoms with Gasteiger partial charge in [-0.3, -0.25) is 9.59 Å². The van der Waals surface area contributed by atoms with Crippen molar-refractivity contribution in [2.45, 2.75) is 20.3 Å². The summed E-state index contributed by atoms with van der Waals surface area (Å²) in [6.07, 6.45) is 2.42. The van der Waals surface area contributed by atoms with Crippen molar-refractivity contribution in [2.24, 2.45) is 0 Å². The molecule has 7 heteroatoms. The lowest BCUT2D eigenvalue weighted by Gasteiger charge is -2.17. The van der Waals surface area contributed by atoms with Crippen molar-refractivity contribution < 1.29 is 14.3 Å². The van der Waals surface area contributed by atoms with Crippen molar-refractivity contribution >= 4 is 23.1 Å². The fraction of sp³-hybridized carbons (Fsp3) is 0.286. The molecule has 4 rings (SSSR count). The molecular formula is C28H32N4O3. The van der Waals surface area contributed by atoms with E-state index < -0.39 is 0 Å². The molecule has 2 amide bonds. The molecule has 0 unspecified atom stereocenters. The molecule has 182 valence electrons. The molecule has 0 saturated carbocycles. The summed E-state index contributed by atoms with van der Waals surface area (Å²) in [5, 5.41) is 5.93. The average Bonchev–Trinajstić information content (AvgIpc) is 3.49. The normalized spacial score (nSPS) is 13.7. The predicted octanol–water partition coefficient (Wildman–Crippen LogP) is 4.34. The number of carbonyl (C=O) groups is 2. The molecule has 0 atom stereocenters. The number of fused-ring (bicyclic) bond motifs is 1. The van der Waals surface area contributed by atoms with E-state index in [1.54, 1.807) is 13.2 Å². The zero-order valence-electron chi connectivity index (χ0n) is 20.5. The van der Waals surface area contributed by atoms with Gasteiger partial charge in [-0.25, -0.2) is 0 Å². The fourth-order valence-corrected chi connectivity index (χ4v) is 4.32. The highest BCUT2D eigenvalue weighted by atomic mass is 16.5. The number of nitrogens with zero attached hydrogens (tertiary/aromatic N) is 1. The van der Waals surface area contributed by atoms with Gasteiger partial charge in [0.05, 0.1) is 7.11 Å². The van der Waals surface area contributed by atoms with Crippen LogP contribution in [-0.2, 0) is 11.2 Å². The molecule has 0 radical (unpaired) electrons. The monoisotopic (exact) mass is 472 g/mol. The second kappa shape index (κ2) is 11.1. The smallest absolute Gasteiger partial charge is 0.267 e. The van der Waals surface area contributed by atoms with Crippen molar-refractivity contribution in [3.63, 3.8) is 0 Å². The lowest BCUT2D eigenvalue weighted by molar-refractivity contribution is -0.110. The number of aromatic amines is 1. The van der Waals surface area contributed by atoms with Crippen molar-refractivity contribution in [2.75, 3.05) is 38.6 Å². The van der Waals surface area contributed by atoms with Gasteiger partial charge in [-0.2, -0.15) is 0 Å². The Hall–Kier alpha value is -3.84. The summed E-state index contributed by atoms with van der Waals surface area (Å²) in [4.78, 5) is 30.7. The standard InChI is InChI=1S/C28H32N4O3/c1-4-32(5-2)18-17-29-28(34)25-16-12-20(30-25)11-15-23-26-22(7-6-8-24(26)31-27(23)33)19-9-13-21(35-3)14-10-19/h6-10,12-16,30H,4-5,11,17-18H2,1-3H3,(H,29,34)(H,31,33). The third-order valence-corrected chi connectivity index (χ3v) is 6.35. The summed E-state index contributed by atoms with van der Waals surface area (Å²) in [7, 11) is 1.64. The van der Waals surface area contributed by atoms with E-state index in [4.69, 9.17) is 4.74 Å². The summed E-state index contributed by atoms with van der Waals surface area (Å²) in [5.41, 5.74) is 5.70. The van der Waals surface area contributed by atoms with Gasteiger partial charge >= 0.3 is 0 Å². The van der Waals surface area contributed by atoms with Gasteiger partial charge in [-0.1, -0.05) is 44.2 Å². The summed E-state index contributed by atoms with van der Waals surface area (Å²) in [6.45, 7) is 7.57. The highest BCUT2D eigenvalue weighted by Gasteiger charge is 2.27. The quantitative estimate of drug-likeness (QED) is 0.383. The first kappa shape index (κ1) is 24.3. The topological polar surface area (TPSA) is 86.5 Å². The molecule has 3 aromatic rings. The van der Waals surface area contributed by atoms with Gasteiger partial charge in [-0.15, -0.1) is 0 Å². The zero-order valence-corrected chi connectivity index (χ0v) is 20.5. The van der Waals surface area contributed by atoms with E-state index in [1.165, 1.54) is 0 Å². The molecule has 1 aromatic heterocycles. The number of H-pyrrole nitrogens is 1. The molecule has 35 heavy (non-hydrogen) atoms. The number of carbonyl (C=O) groups excluding carboxylic acids is 2. The number of likely N-dealkylation sites (N-methyl/N-ethyl adjacent to an activating group) is 1. The van der Waals surface area contributed by atoms with Crippen molar-refractivity contribution in [3.05, 3.63) is 77.6 Å². The molecular weight excluding hydrogens is 440 g/mol. The van der Waals surface area contributed by atoms with Crippen molar-refractivity contribution in [1.82, 2.24) is 15.2 Å². The molecule has 2 aromatic carbocycles. The van der Waals surface area contributed by atoms with Gasteiger partial charge in [0.25, 0.3) is 11.8 Å². The van der Waals surface area contributed by atoms with Crippen LogP contribution < -0.4 is 15.4 Å². The van der Waals surface area contributed by atoms with Crippen LogP contribution in [0.1, 0.15) is 35.6 Å².